The molecule has 0 aliphatic carbocycles. The van der Waals surface area contributed by atoms with Gasteiger partial charge in [-0.1, -0.05) is 11.6 Å². The number of aromatic amines is 1. The summed E-state index contributed by atoms with van der Waals surface area (Å²) in [7, 11) is 0. The van der Waals surface area contributed by atoms with Crippen molar-refractivity contribution in [1.82, 2.24) is 15.3 Å². The number of nitrogens with zero attached hydrogens (tertiary/aromatic N) is 1. The van der Waals surface area contributed by atoms with E-state index in [-0.39, 0.29) is 13.2 Å². The minimum atomic E-state index is -4.53. The molecule has 26 heavy (non-hydrogen) atoms. The fourth-order valence-electron chi connectivity index (χ4n) is 2.30. The van der Waals surface area contributed by atoms with Crippen molar-refractivity contribution >= 4 is 39.7 Å². The number of carbonyl (C=O) groups is 1. The molecule has 0 fully saturated rings. The van der Waals surface area contributed by atoms with Gasteiger partial charge in [0.15, 0.2) is 0 Å². The average molecular weight is 404 g/mol. The highest BCUT2D eigenvalue weighted by molar-refractivity contribution is 7.07. The van der Waals surface area contributed by atoms with Gasteiger partial charge in [-0.25, -0.2) is 4.98 Å². The lowest BCUT2D eigenvalue weighted by Gasteiger charge is -2.07. The van der Waals surface area contributed by atoms with Crippen molar-refractivity contribution < 1.29 is 22.7 Å². The quantitative estimate of drug-likeness (QED) is 0.640. The number of carbonyl (C=O) groups excluding carboxylic acids is 1. The van der Waals surface area contributed by atoms with Gasteiger partial charge in [-0.3, -0.25) is 4.79 Å². The number of alkyl halides is 3. The Hall–Kier alpha value is -2.26. The van der Waals surface area contributed by atoms with Crippen LogP contribution in [0.25, 0.3) is 10.9 Å². The predicted molar refractivity (Wildman–Crippen MR) is 92.3 cm³/mol. The number of H-pyrrole nitrogens is 1. The summed E-state index contributed by atoms with van der Waals surface area (Å²) in [6.07, 6.45) is -6.03. The normalized spacial score (nSPS) is 11.7. The van der Waals surface area contributed by atoms with E-state index in [0.717, 1.165) is 11.1 Å². The van der Waals surface area contributed by atoms with Crippen LogP contribution < -0.4 is 10.1 Å². The molecule has 1 amide bonds. The highest BCUT2D eigenvalue weighted by atomic mass is 35.5. The summed E-state index contributed by atoms with van der Waals surface area (Å²) in [6.45, 7) is 0.228. The molecule has 3 rings (SSSR count). The van der Waals surface area contributed by atoms with Gasteiger partial charge in [0.25, 0.3) is 0 Å². The zero-order chi connectivity index (χ0) is 18.7. The molecule has 138 valence electrons. The van der Waals surface area contributed by atoms with Gasteiger partial charge in [0, 0.05) is 28.0 Å². The number of ether oxygens (including phenoxy) is 1. The van der Waals surface area contributed by atoms with E-state index >= 15 is 0 Å². The maximum atomic E-state index is 12.2. The van der Waals surface area contributed by atoms with E-state index in [1.807, 2.05) is 5.38 Å². The van der Waals surface area contributed by atoms with Crippen LogP contribution in [-0.4, -0.2) is 22.1 Å². The van der Waals surface area contributed by atoms with Crippen molar-refractivity contribution in [1.29, 1.82) is 0 Å². The Bertz CT molecular complexity index is 909. The summed E-state index contributed by atoms with van der Waals surface area (Å²) in [5.74, 6) is -0.622. The van der Waals surface area contributed by atoms with Gasteiger partial charge in [0.1, 0.15) is 18.8 Å². The summed E-state index contributed by atoms with van der Waals surface area (Å²) >= 11 is 7.66. The second kappa shape index (κ2) is 7.55. The molecule has 0 radical (unpaired) electrons. The second-order valence-electron chi connectivity index (χ2n) is 5.50. The van der Waals surface area contributed by atoms with Gasteiger partial charge in [0.2, 0.25) is 5.91 Å². The lowest BCUT2D eigenvalue weighted by atomic mass is 10.2. The first-order valence-electron chi connectivity index (χ1n) is 7.44. The van der Waals surface area contributed by atoms with Crippen LogP contribution in [0, 0.1) is 0 Å². The summed E-state index contributed by atoms with van der Waals surface area (Å²) in [5, 5.41) is 5.25. The Morgan fingerprint density at radius 1 is 1.35 bits per heavy atom. The van der Waals surface area contributed by atoms with Gasteiger partial charge in [-0.15, -0.1) is 11.3 Å². The number of hydrogen-bond acceptors (Lipinski definition) is 4. The topological polar surface area (TPSA) is 67.0 Å². The molecule has 2 N–H and O–H groups in total. The lowest BCUT2D eigenvalue weighted by Crippen LogP contribution is -2.28. The maximum absolute atomic E-state index is 12.2. The molecule has 0 atom stereocenters. The molecule has 0 bridgehead atoms. The number of rotatable bonds is 6. The summed E-state index contributed by atoms with van der Waals surface area (Å²) < 4.78 is 42.1. The molecular weight excluding hydrogens is 391 g/mol. The molecule has 10 heteroatoms. The third kappa shape index (κ3) is 4.89. The van der Waals surface area contributed by atoms with Crippen LogP contribution in [0.2, 0.25) is 5.02 Å². The minimum Gasteiger partial charge on any atom is -0.486 e. The van der Waals surface area contributed by atoms with E-state index in [1.165, 1.54) is 11.3 Å². The number of amides is 1. The Morgan fingerprint density at radius 3 is 2.85 bits per heavy atom. The average Bonchev–Trinajstić information content (AvgIpc) is 3.18. The van der Waals surface area contributed by atoms with Crippen molar-refractivity contribution in [3.8, 4) is 5.75 Å². The third-order valence-electron chi connectivity index (χ3n) is 3.43. The van der Waals surface area contributed by atoms with Crippen molar-refractivity contribution in [2.24, 2.45) is 0 Å². The first-order chi connectivity index (χ1) is 12.3. The SMILES string of the molecule is O=C(CC(F)(F)F)NCc1cc2cc(Cl)c(OCc3cscn3)cc2[nH]1. The number of fused-ring (bicyclic) bond motifs is 1. The molecule has 1 aromatic carbocycles. The fraction of sp³-hybridized carbons (Fsp3) is 0.250. The van der Waals surface area contributed by atoms with Crippen molar-refractivity contribution in [2.45, 2.75) is 25.7 Å². The Morgan fingerprint density at radius 2 is 2.15 bits per heavy atom. The standard InChI is InChI=1S/C16H13ClF3N3O2S/c17-12-2-9-1-10(5-21-15(24)4-16(18,19)20)23-13(9)3-14(12)25-6-11-7-26-8-22-11/h1-3,7-8,23H,4-6H2,(H,21,24). The Labute approximate surface area is 155 Å². The lowest BCUT2D eigenvalue weighted by molar-refractivity contribution is -0.153. The number of thiazole rings is 1. The molecule has 0 aliphatic rings. The largest absolute Gasteiger partial charge is 0.486 e. The molecule has 2 aromatic heterocycles. The second-order valence-corrected chi connectivity index (χ2v) is 6.63. The number of halogens is 4. The van der Waals surface area contributed by atoms with Crippen LogP contribution in [0.3, 0.4) is 0 Å². The van der Waals surface area contributed by atoms with Crippen LogP contribution >= 0.6 is 22.9 Å². The molecule has 0 unspecified atom stereocenters. The molecule has 0 aliphatic heterocycles. The van der Waals surface area contributed by atoms with E-state index in [2.05, 4.69) is 15.3 Å². The van der Waals surface area contributed by atoms with Gasteiger partial charge in [-0.2, -0.15) is 13.2 Å². The zero-order valence-electron chi connectivity index (χ0n) is 13.2. The predicted octanol–water partition coefficient (Wildman–Crippen LogP) is 4.43. The first-order valence-corrected chi connectivity index (χ1v) is 8.77. The minimum absolute atomic E-state index is 0.0454. The summed E-state index contributed by atoms with van der Waals surface area (Å²) in [4.78, 5) is 18.4. The van der Waals surface area contributed by atoms with E-state index in [0.29, 0.717) is 22.0 Å². The molecule has 2 heterocycles. The fourth-order valence-corrected chi connectivity index (χ4v) is 3.07. The highest BCUT2D eigenvalue weighted by Gasteiger charge is 2.30. The van der Waals surface area contributed by atoms with Crippen LogP contribution in [0.4, 0.5) is 13.2 Å². The van der Waals surface area contributed by atoms with Crippen molar-refractivity contribution in [3.63, 3.8) is 0 Å². The van der Waals surface area contributed by atoms with E-state index in [1.54, 1.807) is 23.7 Å². The van der Waals surface area contributed by atoms with E-state index in [9.17, 15) is 18.0 Å². The first kappa shape index (κ1) is 18.5. The monoisotopic (exact) mass is 403 g/mol. The molecule has 0 saturated heterocycles. The van der Waals surface area contributed by atoms with E-state index < -0.39 is 18.5 Å². The van der Waals surface area contributed by atoms with Crippen LogP contribution in [-0.2, 0) is 17.9 Å². The van der Waals surface area contributed by atoms with Gasteiger partial charge in [0.05, 0.1) is 22.8 Å². The number of nitrogens with one attached hydrogen (secondary N) is 2. The molecule has 0 saturated carbocycles. The molecule has 0 spiro atoms. The maximum Gasteiger partial charge on any atom is 0.397 e. The molecular formula is C16H13ClF3N3O2S. The van der Waals surface area contributed by atoms with Gasteiger partial charge < -0.3 is 15.0 Å². The van der Waals surface area contributed by atoms with E-state index in [4.69, 9.17) is 16.3 Å². The Kier molecular flexibility index (Phi) is 5.38. The number of hydrogen-bond donors (Lipinski definition) is 2. The summed E-state index contributed by atoms with van der Waals surface area (Å²) in [6, 6.07) is 5.09. The van der Waals surface area contributed by atoms with Crippen molar-refractivity contribution in [2.75, 3.05) is 0 Å². The molecule has 3 aromatic rings. The zero-order valence-corrected chi connectivity index (χ0v) is 14.8. The number of aromatic nitrogens is 2. The number of benzene rings is 1. The van der Waals surface area contributed by atoms with Crippen molar-refractivity contribution in [3.05, 3.63) is 45.5 Å². The Balaban J connectivity index is 1.67. The van der Waals surface area contributed by atoms with Crippen LogP contribution in [0.15, 0.2) is 29.1 Å². The van der Waals surface area contributed by atoms with Gasteiger partial charge in [-0.05, 0) is 12.1 Å². The van der Waals surface area contributed by atoms with Gasteiger partial charge >= 0.3 is 6.18 Å². The third-order valence-corrected chi connectivity index (χ3v) is 4.36. The molecule has 5 nitrogen and oxygen atoms in total. The smallest absolute Gasteiger partial charge is 0.397 e. The van der Waals surface area contributed by atoms with Crippen LogP contribution in [0.5, 0.6) is 5.75 Å². The summed E-state index contributed by atoms with van der Waals surface area (Å²) in [5.41, 5.74) is 3.74. The van der Waals surface area contributed by atoms with Crippen LogP contribution in [0.1, 0.15) is 17.8 Å². The highest BCUT2D eigenvalue weighted by Crippen LogP contribution is 2.31.